The Kier molecular flexibility index (Phi) is 6.28. The van der Waals surface area contributed by atoms with Crippen molar-refractivity contribution in [2.45, 2.75) is 38.1 Å². The molecule has 0 bridgehead atoms. The van der Waals surface area contributed by atoms with Crippen LogP contribution in [0.2, 0.25) is 0 Å². The Labute approximate surface area is 204 Å². The predicted molar refractivity (Wildman–Crippen MR) is 139 cm³/mol. The Morgan fingerprint density at radius 1 is 1.00 bits per heavy atom. The van der Waals surface area contributed by atoms with E-state index in [0.29, 0.717) is 6.54 Å². The standard InChI is InChI=1S/C27H29N5OS/c1-18-19(2)32(21-9-5-4-6-10-21)26-23(18)25(31-15-7-8-16-31)29-24(30-26)27(33)28-17-20-11-13-22(34-3)14-12-20/h4-6,9-14H,7-8,15-17H2,1-3H3,(H,28,33). The van der Waals surface area contributed by atoms with Gasteiger partial charge in [0.05, 0.1) is 5.39 Å². The molecule has 0 saturated carbocycles. The van der Waals surface area contributed by atoms with Crippen LogP contribution in [0.1, 0.15) is 40.3 Å². The molecule has 6 nitrogen and oxygen atoms in total. The van der Waals surface area contributed by atoms with Gasteiger partial charge in [-0.1, -0.05) is 30.3 Å². The van der Waals surface area contributed by atoms with E-state index in [0.717, 1.165) is 65.3 Å². The van der Waals surface area contributed by atoms with Gasteiger partial charge in [0.25, 0.3) is 5.91 Å². The molecule has 34 heavy (non-hydrogen) atoms. The maximum Gasteiger partial charge on any atom is 0.289 e. The number of hydrogen-bond acceptors (Lipinski definition) is 5. The van der Waals surface area contributed by atoms with E-state index in [9.17, 15) is 4.79 Å². The van der Waals surface area contributed by atoms with E-state index in [-0.39, 0.29) is 11.7 Å². The number of benzene rings is 2. The van der Waals surface area contributed by atoms with Gasteiger partial charge in [0.1, 0.15) is 5.82 Å². The molecule has 0 unspecified atom stereocenters. The summed E-state index contributed by atoms with van der Waals surface area (Å²) >= 11 is 1.70. The number of aromatic nitrogens is 3. The first-order valence-corrected chi connectivity index (χ1v) is 12.9. The third kappa shape index (κ3) is 4.16. The summed E-state index contributed by atoms with van der Waals surface area (Å²) in [6, 6.07) is 18.4. The number of hydrogen-bond donors (Lipinski definition) is 1. The summed E-state index contributed by atoms with van der Waals surface area (Å²) in [7, 11) is 0. The summed E-state index contributed by atoms with van der Waals surface area (Å²) < 4.78 is 2.14. The van der Waals surface area contributed by atoms with Gasteiger partial charge in [0, 0.05) is 35.9 Å². The minimum atomic E-state index is -0.257. The average Bonchev–Trinajstić information content (AvgIpc) is 3.50. The van der Waals surface area contributed by atoms with Crippen LogP contribution in [0.3, 0.4) is 0 Å². The Morgan fingerprint density at radius 3 is 2.38 bits per heavy atom. The molecule has 0 spiro atoms. The van der Waals surface area contributed by atoms with Gasteiger partial charge in [-0.2, -0.15) is 0 Å². The van der Waals surface area contributed by atoms with Crippen molar-refractivity contribution in [3.05, 3.63) is 77.2 Å². The normalized spacial score (nSPS) is 13.6. The second kappa shape index (κ2) is 9.50. The minimum absolute atomic E-state index is 0.213. The van der Waals surface area contributed by atoms with Crippen molar-refractivity contribution in [2.75, 3.05) is 24.2 Å². The molecule has 5 rings (SSSR count). The van der Waals surface area contributed by atoms with E-state index in [4.69, 9.17) is 9.97 Å². The summed E-state index contributed by atoms with van der Waals surface area (Å²) in [6.07, 6.45) is 4.32. The van der Waals surface area contributed by atoms with E-state index in [1.807, 2.05) is 30.3 Å². The molecule has 174 valence electrons. The van der Waals surface area contributed by atoms with E-state index in [2.05, 4.69) is 59.2 Å². The van der Waals surface area contributed by atoms with Crippen LogP contribution in [0.25, 0.3) is 16.7 Å². The summed E-state index contributed by atoms with van der Waals surface area (Å²) in [6.45, 7) is 6.56. The number of thioether (sulfide) groups is 1. The molecule has 1 aliphatic heterocycles. The molecular formula is C27H29N5OS. The largest absolute Gasteiger partial charge is 0.356 e. The molecule has 4 aromatic rings. The zero-order valence-corrected chi connectivity index (χ0v) is 20.7. The lowest BCUT2D eigenvalue weighted by Gasteiger charge is -2.19. The number of carbonyl (C=O) groups excluding carboxylic acids is 1. The smallest absolute Gasteiger partial charge is 0.289 e. The van der Waals surface area contributed by atoms with Crippen molar-refractivity contribution in [3.8, 4) is 5.69 Å². The van der Waals surface area contributed by atoms with Crippen LogP contribution >= 0.6 is 11.8 Å². The number of anilines is 1. The van der Waals surface area contributed by atoms with E-state index < -0.39 is 0 Å². The van der Waals surface area contributed by atoms with Gasteiger partial charge in [0.15, 0.2) is 5.65 Å². The number of aryl methyl sites for hydroxylation is 1. The lowest BCUT2D eigenvalue weighted by Crippen LogP contribution is -2.27. The van der Waals surface area contributed by atoms with Gasteiger partial charge in [-0.15, -0.1) is 11.8 Å². The van der Waals surface area contributed by atoms with Crippen molar-refractivity contribution in [3.63, 3.8) is 0 Å². The Hall–Kier alpha value is -3.32. The lowest BCUT2D eigenvalue weighted by atomic mass is 10.2. The highest BCUT2D eigenvalue weighted by Crippen LogP contribution is 2.35. The lowest BCUT2D eigenvalue weighted by molar-refractivity contribution is 0.0941. The van der Waals surface area contributed by atoms with Gasteiger partial charge in [0.2, 0.25) is 5.82 Å². The molecule has 3 heterocycles. The number of para-hydroxylation sites is 1. The van der Waals surface area contributed by atoms with E-state index >= 15 is 0 Å². The van der Waals surface area contributed by atoms with Crippen LogP contribution < -0.4 is 10.2 Å². The molecule has 1 saturated heterocycles. The van der Waals surface area contributed by atoms with E-state index in [1.165, 1.54) is 4.90 Å². The van der Waals surface area contributed by atoms with Crippen LogP contribution in [0, 0.1) is 13.8 Å². The molecule has 7 heteroatoms. The molecule has 1 amide bonds. The second-order valence-corrected chi connectivity index (χ2v) is 9.56. The molecule has 1 aliphatic rings. The van der Waals surface area contributed by atoms with E-state index in [1.54, 1.807) is 11.8 Å². The molecule has 2 aromatic heterocycles. The molecule has 1 N–H and O–H groups in total. The first-order chi connectivity index (χ1) is 16.6. The van der Waals surface area contributed by atoms with Crippen molar-refractivity contribution in [1.82, 2.24) is 19.9 Å². The first-order valence-electron chi connectivity index (χ1n) is 11.7. The Bertz CT molecular complexity index is 1330. The van der Waals surface area contributed by atoms with Crippen molar-refractivity contribution in [2.24, 2.45) is 0 Å². The van der Waals surface area contributed by atoms with Crippen LogP contribution in [0.4, 0.5) is 5.82 Å². The van der Waals surface area contributed by atoms with Crippen molar-refractivity contribution in [1.29, 1.82) is 0 Å². The fourth-order valence-corrected chi connectivity index (χ4v) is 5.01. The first kappa shape index (κ1) is 22.5. The summed E-state index contributed by atoms with van der Waals surface area (Å²) in [5.74, 6) is 0.824. The second-order valence-electron chi connectivity index (χ2n) is 8.68. The molecular weight excluding hydrogens is 442 g/mol. The monoisotopic (exact) mass is 471 g/mol. The van der Waals surface area contributed by atoms with Gasteiger partial charge in [-0.25, -0.2) is 9.97 Å². The van der Waals surface area contributed by atoms with Gasteiger partial charge >= 0.3 is 0 Å². The topological polar surface area (TPSA) is 63.1 Å². The quantitative estimate of drug-likeness (QED) is 0.387. The fraction of sp³-hybridized carbons (Fsp3) is 0.296. The van der Waals surface area contributed by atoms with Crippen LogP contribution in [0.15, 0.2) is 59.5 Å². The SMILES string of the molecule is CSc1ccc(CNC(=O)c2nc(N3CCCC3)c3c(C)c(C)n(-c4ccccc4)c3n2)cc1. The Morgan fingerprint density at radius 2 is 1.71 bits per heavy atom. The molecule has 1 fully saturated rings. The third-order valence-electron chi connectivity index (χ3n) is 6.57. The van der Waals surface area contributed by atoms with Crippen molar-refractivity contribution < 1.29 is 4.79 Å². The molecule has 2 aromatic carbocycles. The number of amides is 1. The number of nitrogens with zero attached hydrogens (tertiary/aromatic N) is 4. The highest BCUT2D eigenvalue weighted by molar-refractivity contribution is 7.98. The zero-order chi connectivity index (χ0) is 23.7. The fourth-order valence-electron chi connectivity index (χ4n) is 4.60. The van der Waals surface area contributed by atoms with Gasteiger partial charge in [-0.05, 0) is 68.3 Å². The van der Waals surface area contributed by atoms with Crippen molar-refractivity contribution >= 4 is 34.5 Å². The average molecular weight is 472 g/mol. The van der Waals surface area contributed by atoms with Crippen LogP contribution in [0.5, 0.6) is 0 Å². The number of carbonyl (C=O) groups is 1. The molecule has 0 aliphatic carbocycles. The van der Waals surface area contributed by atoms with Gasteiger partial charge < -0.3 is 10.2 Å². The number of nitrogens with one attached hydrogen (secondary N) is 1. The minimum Gasteiger partial charge on any atom is -0.356 e. The molecule has 0 atom stereocenters. The third-order valence-corrected chi connectivity index (χ3v) is 7.31. The van der Waals surface area contributed by atoms with Crippen LogP contribution in [-0.2, 0) is 6.54 Å². The maximum absolute atomic E-state index is 13.2. The van der Waals surface area contributed by atoms with Gasteiger partial charge in [-0.3, -0.25) is 9.36 Å². The van der Waals surface area contributed by atoms with Crippen LogP contribution in [-0.4, -0.2) is 39.8 Å². The Balaban J connectivity index is 1.56. The molecule has 0 radical (unpaired) electrons. The highest BCUT2D eigenvalue weighted by atomic mass is 32.2. The number of rotatable bonds is 6. The predicted octanol–water partition coefficient (Wildman–Crippen LogP) is 5.29. The number of fused-ring (bicyclic) bond motifs is 1. The summed E-state index contributed by atoms with van der Waals surface area (Å²) in [4.78, 5) is 26.4. The highest BCUT2D eigenvalue weighted by Gasteiger charge is 2.26. The maximum atomic E-state index is 13.2. The zero-order valence-electron chi connectivity index (χ0n) is 19.8. The summed E-state index contributed by atoms with van der Waals surface area (Å²) in [5, 5.41) is 4.05. The summed E-state index contributed by atoms with van der Waals surface area (Å²) in [5.41, 5.74) is 5.13.